The predicted octanol–water partition coefficient (Wildman–Crippen LogP) is 3.09. The number of hydrogen-bond acceptors (Lipinski definition) is 5. The molecular weight excluding hydrogens is 314 g/mol. The molecule has 0 aromatic rings. The summed E-state index contributed by atoms with van der Waals surface area (Å²) in [5.74, 6) is 1.76. The summed E-state index contributed by atoms with van der Waals surface area (Å²) in [5.41, 5.74) is 7.00. The monoisotopic (exact) mass is 345 g/mol. The summed E-state index contributed by atoms with van der Waals surface area (Å²) < 4.78 is 11.7. The van der Waals surface area contributed by atoms with Gasteiger partial charge in [0.05, 0.1) is 0 Å². The number of nitrogens with two attached hydrogens (primary N) is 1. The van der Waals surface area contributed by atoms with Crippen LogP contribution in [0.5, 0.6) is 0 Å². The average molecular weight is 345 g/mol. The molecule has 3 rings (SSSR count). The summed E-state index contributed by atoms with van der Waals surface area (Å²) in [6.07, 6.45) is 16.5. The maximum Gasteiger partial charge on any atom is 0.231 e. The molecule has 1 aliphatic carbocycles. The van der Waals surface area contributed by atoms with Crippen molar-refractivity contribution in [1.29, 1.82) is 0 Å². The molecule has 1 fully saturated rings. The fourth-order valence-corrected chi connectivity index (χ4v) is 3.49. The minimum absolute atomic E-state index is 0.791. The van der Waals surface area contributed by atoms with E-state index in [1.165, 1.54) is 12.0 Å². The molecule has 0 unspecified atom stereocenters. The fraction of sp³-hybridized carbons (Fsp3) is 0.600. The lowest BCUT2D eigenvalue weighted by Crippen LogP contribution is -2.32. The molecule has 2 N–H and O–H groups in total. The van der Waals surface area contributed by atoms with Crippen LogP contribution < -0.4 is 5.73 Å². The second-order valence-electron chi connectivity index (χ2n) is 6.92. The van der Waals surface area contributed by atoms with Gasteiger partial charge in [0.1, 0.15) is 12.0 Å². The molecule has 0 radical (unpaired) electrons. The molecule has 0 amide bonds. The van der Waals surface area contributed by atoms with Gasteiger partial charge in [0.25, 0.3) is 0 Å². The number of rotatable bonds is 7. The van der Waals surface area contributed by atoms with Crippen LogP contribution in [0.3, 0.4) is 0 Å². The maximum atomic E-state index is 6.14. The van der Waals surface area contributed by atoms with Crippen molar-refractivity contribution in [2.24, 2.45) is 5.73 Å². The topological polar surface area (TPSA) is 51.0 Å². The van der Waals surface area contributed by atoms with Crippen molar-refractivity contribution in [1.82, 2.24) is 9.80 Å². The number of allylic oxidation sites excluding steroid dienone is 4. The lowest BCUT2D eigenvalue weighted by atomic mass is 10.0. The minimum Gasteiger partial charge on any atom is -0.464 e. The number of nitrogens with zero attached hydrogens (tertiary/aromatic N) is 2. The largest absolute Gasteiger partial charge is 0.464 e. The van der Waals surface area contributed by atoms with E-state index in [1.807, 2.05) is 0 Å². The Morgan fingerprint density at radius 1 is 1.08 bits per heavy atom. The Kier molecular flexibility index (Phi) is 7.00. The van der Waals surface area contributed by atoms with Gasteiger partial charge < -0.3 is 25.0 Å². The quantitative estimate of drug-likeness (QED) is 0.719. The molecule has 3 aliphatic rings. The first kappa shape index (κ1) is 18.1. The highest BCUT2D eigenvalue weighted by Crippen LogP contribution is 2.26. The van der Waals surface area contributed by atoms with Crippen LogP contribution in [-0.4, -0.2) is 49.1 Å². The molecule has 0 bridgehead atoms. The third-order valence-corrected chi connectivity index (χ3v) is 4.93. The first-order chi connectivity index (χ1) is 12.3. The van der Waals surface area contributed by atoms with Crippen LogP contribution >= 0.6 is 0 Å². The van der Waals surface area contributed by atoms with Gasteiger partial charge in [0.15, 0.2) is 6.26 Å². The van der Waals surface area contributed by atoms with Gasteiger partial charge in [-0.3, -0.25) is 0 Å². The second-order valence-corrected chi connectivity index (χ2v) is 6.92. The zero-order valence-electron chi connectivity index (χ0n) is 15.2. The van der Waals surface area contributed by atoms with Gasteiger partial charge in [-0.25, -0.2) is 0 Å². The number of unbranched alkanes of at least 4 members (excludes halogenated alkanes) is 1. The fourth-order valence-electron chi connectivity index (χ4n) is 3.49. The van der Waals surface area contributed by atoms with Crippen molar-refractivity contribution in [2.45, 2.75) is 38.5 Å². The summed E-state index contributed by atoms with van der Waals surface area (Å²) in [5, 5.41) is 0. The van der Waals surface area contributed by atoms with Crippen LogP contribution in [0.1, 0.15) is 38.5 Å². The lowest BCUT2D eigenvalue weighted by Gasteiger charge is -2.28. The van der Waals surface area contributed by atoms with E-state index in [2.05, 4.69) is 28.0 Å². The Balaban J connectivity index is 1.48. The Labute approximate surface area is 151 Å². The molecule has 0 aromatic heterocycles. The van der Waals surface area contributed by atoms with Crippen molar-refractivity contribution in [3.8, 4) is 0 Å². The maximum absolute atomic E-state index is 6.14. The van der Waals surface area contributed by atoms with E-state index in [4.69, 9.17) is 15.2 Å². The molecule has 1 saturated heterocycles. The molecule has 25 heavy (non-hydrogen) atoms. The van der Waals surface area contributed by atoms with E-state index in [1.54, 1.807) is 12.5 Å². The smallest absolute Gasteiger partial charge is 0.231 e. The molecule has 0 saturated carbocycles. The van der Waals surface area contributed by atoms with Crippen LogP contribution in [0.15, 0.2) is 48.0 Å². The van der Waals surface area contributed by atoms with E-state index in [9.17, 15) is 0 Å². The van der Waals surface area contributed by atoms with Crippen molar-refractivity contribution in [3.05, 3.63) is 48.0 Å². The molecule has 0 aromatic carbocycles. The highest BCUT2D eigenvalue weighted by Gasteiger charge is 2.21. The molecule has 2 aliphatic heterocycles. The molecule has 5 heteroatoms. The molecule has 138 valence electrons. The molecule has 5 nitrogen and oxygen atoms in total. The van der Waals surface area contributed by atoms with E-state index in [0.29, 0.717) is 0 Å². The number of ether oxygens (including phenoxy) is 2. The summed E-state index contributed by atoms with van der Waals surface area (Å²) >= 11 is 0. The van der Waals surface area contributed by atoms with E-state index < -0.39 is 0 Å². The zero-order valence-corrected chi connectivity index (χ0v) is 15.2. The van der Waals surface area contributed by atoms with Gasteiger partial charge in [-0.15, -0.1) is 0 Å². The molecule has 2 heterocycles. The normalized spacial score (nSPS) is 21.6. The zero-order chi connectivity index (χ0) is 17.3. The van der Waals surface area contributed by atoms with Crippen LogP contribution in [0.4, 0.5) is 0 Å². The lowest BCUT2D eigenvalue weighted by molar-refractivity contribution is 0.120. The molecule has 0 atom stereocenters. The van der Waals surface area contributed by atoms with E-state index in [0.717, 1.165) is 83.0 Å². The predicted molar refractivity (Wildman–Crippen MR) is 100 cm³/mol. The van der Waals surface area contributed by atoms with Crippen molar-refractivity contribution in [2.75, 3.05) is 39.3 Å². The van der Waals surface area contributed by atoms with Crippen LogP contribution in [0.2, 0.25) is 0 Å². The van der Waals surface area contributed by atoms with Crippen LogP contribution in [0, 0.1) is 0 Å². The molecular formula is C20H31N3O2. The Morgan fingerprint density at radius 2 is 2.04 bits per heavy atom. The van der Waals surface area contributed by atoms with E-state index in [-0.39, 0.29) is 0 Å². The summed E-state index contributed by atoms with van der Waals surface area (Å²) in [4.78, 5) is 4.85. The van der Waals surface area contributed by atoms with Gasteiger partial charge in [0, 0.05) is 26.1 Å². The SMILES string of the molecule is NCCCCN1CCCN(C2=COC=C(CC3=CC=CCC3)O2)CC1. The van der Waals surface area contributed by atoms with Crippen LogP contribution in [-0.2, 0) is 9.47 Å². The molecule has 0 spiro atoms. The van der Waals surface area contributed by atoms with Crippen molar-refractivity contribution < 1.29 is 9.47 Å². The third-order valence-electron chi connectivity index (χ3n) is 4.93. The minimum atomic E-state index is 0.791. The standard InChI is InChI=1S/C20H31N3O2/c21-9-4-5-10-22-11-6-12-23(14-13-22)20-17-24-16-19(25-20)15-18-7-2-1-3-8-18/h1-2,7,16-17H,3-6,8-15,21H2. The highest BCUT2D eigenvalue weighted by molar-refractivity contribution is 5.22. The van der Waals surface area contributed by atoms with Gasteiger partial charge in [-0.05, 0) is 51.7 Å². The Morgan fingerprint density at radius 3 is 2.88 bits per heavy atom. The van der Waals surface area contributed by atoms with Crippen LogP contribution in [0.25, 0.3) is 0 Å². The second kappa shape index (κ2) is 9.68. The van der Waals surface area contributed by atoms with Crippen molar-refractivity contribution >= 4 is 0 Å². The van der Waals surface area contributed by atoms with Gasteiger partial charge in [-0.2, -0.15) is 0 Å². The number of hydrogen-bond donors (Lipinski definition) is 1. The Bertz CT molecular complexity index is 551. The first-order valence-corrected chi connectivity index (χ1v) is 9.59. The van der Waals surface area contributed by atoms with Gasteiger partial charge in [0.2, 0.25) is 5.88 Å². The summed E-state index contributed by atoms with van der Waals surface area (Å²) in [7, 11) is 0. The summed E-state index contributed by atoms with van der Waals surface area (Å²) in [6, 6.07) is 0. The third kappa shape index (κ3) is 5.65. The Hall–Kier alpha value is -1.72. The van der Waals surface area contributed by atoms with Gasteiger partial charge in [-0.1, -0.05) is 23.8 Å². The van der Waals surface area contributed by atoms with Crippen molar-refractivity contribution in [3.63, 3.8) is 0 Å². The van der Waals surface area contributed by atoms with E-state index >= 15 is 0 Å². The van der Waals surface area contributed by atoms with Gasteiger partial charge >= 0.3 is 0 Å². The highest BCUT2D eigenvalue weighted by atomic mass is 16.6. The first-order valence-electron chi connectivity index (χ1n) is 9.59. The summed E-state index contributed by atoms with van der Waals surface area (Å²) in [6.45, 7) is 6.16. The average Bonchev–Trinajstić information content (AvgIpc) is 2.89.